The Bertz CT molecular complexity index is 647. The Hall–Kier alpha value is -1.95. The minimum Gasteiger partial charge on any atom is -0.455 e. The molecule has 0 aliphatic heterocycles. The van der Waals surface area contributed by atoms with Gasteiger partial charge < -0.3 is 10.5 Å². The van der Waals surface area contributed by atoms with Crippen LogP contribution in [-0.4, -0.2) is 5.84 Å². The molecule has 0 amide bonds. The van der Waals surface area contributed by atoms with Gasteiger partial charge in [-0.1, -0.05) is 6.07 Å². The van der Waals surface area contributed by atoms with E-state index < -0.39 is 17.5 Å². The fourth-order valence-corrected chi connectivity index (χ4v) is 1.85. The summed E-state index contributed by atoms with van der Waals surface area (Å²) in [6, 6.07) is 7.93. The number of nitrogen functional groups attached to an aromatic ring is 1. The molecule has 98 valence electrons. The molecule has 3 N–H and O–H groups in total. The molecule has 0 saturated carbocycles. The van der Waals surface area contributed by atoms with E-state index in [4.69, 9.17) is 15.9 Å². The molecule has 0 radical (unpaired) electrons. The molecule has 0 bridgehead atoms. The molecule has 19 heavy (non-hydrogen) atoms. The normalized spacial score (nSPS) is 10.3. The molecule has 6 heteroatoms. The van der Waals surface area contributed by atoms with Gasteiger partial charge in [0.15, 0.2) is 0 Å². The topological polar surface area (TPSA) is 59.1 Å². The van der Waals surface area contributed by atoms with Gasteiger partial charge >= 0.3 is 0 Å². The Balaban J connectivity index is 2.46. The largest absolute Gasteiger partial charge is 0.455 e. The number of hydrogen-bond acceptors (Lipinski definition) is 2. The molecule has 0 fully saturated rings. The van der Waals surface area contributed by atoms with Crippen LogP contribution in [0, 0.1) is 17.0 Å². The van der Waals surface area contributed by atoms with Gasteiger partial charge in [-0.25, -0.2) is 8.78 Å². The molecule has 3 nitrogen and oxygen atoms in total. The van der Waals surface area contributed by atoms with E-state index in [0.29, 0.717) is 4.47 Å². The third-order valence-corrected chi connectivity index (χ3v) is 3.01. The highest BCUT2D eigenvalue weighted by molar-refractivity contribution is 9.10. The van der Waals surface area contributed by atoms with Crippen LogP contribution in [-0.2, 0) is 0 Å². The number of hydrogen-bond donors (Lipinski definition) is 2. The molecule has 2 rings (SSSR count). The second-order valence-electron chi connectivity index (χ2n) is 3.70. The molecular weight excluding hydrogens is 318 g/mol. The minimum absolute atomic E-state index is 0.0544. The average Bonchev–Trinajstić information content (AvgIpc) is 2.33. The summed E-state index contributed by atoms with van der Waals surface area (Å²) in [4.78, 5) is 0. The molecule has 0 aromatic heterocycles. The van der Waals surface area contributed by atoms with Gasteiger partial charge in [-0.05, 0) is 40.2 Å². The third kappa shape index (κ3) is 2.90. The maximum absolute atomic E-state index is 13.6. The molecule has 0 heterocycles. The number of halogens is 3. The second kappa shape index (κ2) is 5.36. The summed E-state index contributed by atoms with van der Waals surface area (Å²) in [6.45, 7) is 0. The maximum atomic E-state index is 13.6. The number of nitrogens with one attached hydrogen (secondary N) is 1. The second-order valence-corrected chi connectivity index (χ2v) is 4.56. The van der Waals surface area contributed by atoms with E-state index in [9.17, 15) is 8.78 Å². The first-order chi connectivity index (χ1) is 8.99. The van der Waals surface area contributed by atoms with Crippen LogP contribution in [0.4, 0.5) is 8.78 Å². The van der Waals surface area contributed by atoms with Crippen molar-refractivity contribution in [2.75, 3.05) is 0 Å². The smallest absolute Gasteiger partial charge is 0.144 e. The number of rotatable bonds is 3. The van der Waals surface area contributed by atoms with Gasteiger partial charge in [-0.3, -0.25) is 5.41 Å². The molecule has 0 aliphatic rings. The van der Waals surface area contributed by atoms with Crippen molar-refractivity contribution in [1.82, 2.24) is 0 Å². The standard InChI is InChI=1S/C13H9BrF2N2O/c14-8-5-4-7(15)6-11(8)19-10-3-1-2-9(16)12(10)13(17)18/h1-6H,(H3,17,18). The highest BCUT2D eigenvalue weighted by Gasteiger charge is 2.14. The van der Waals surface area contributed by atoms with E-state index in [1.165, 1.54) is 30.3 Å². The van der Waals surface area contributed by atoms with Crippen molar-refractivity contribution in [1.29, 1.82) is 5.41 Å². The molecule has 0 saturated heterocycles. The molecule has 2 aromatic rings. The Kier molecular flexibility index (Phi) is 3.80. The van der Waals surface area contributed by atoms with Gasteiger partial charge in [-0.15, -0.1) is 0 Å². The summed E-state index contributed by atoms with van der Waals surface area (Å²) in [5.41, 5.74) is 5.16. The Labute approximate surface area is 116 Å². The first kappa shape index (κ1) is 13.5. The summed E-state index contributed by atoms with van der Waals surface area (Å²) >= 11 is 3.20. The SMILES string of the molecule is N=C(N)c1c(F)cccc1Oc1cc(F)ccc1Br. The van der Waals surface area contributed by atoms with E-state index >= 15 is 0 Å². The van der Waals surface area contributed by atoms with Crippen molar-refractivity contribution < 1.29 is 13.5 Å². The first-order valence-electron chi connectivity index (χ1n) is 5.25. The lowest BCUT2D eigenvalue weighted by molar-refractivity contribution is 0.467. The van der Waals surface area contributed by atoms with Gasteiger partial charge in [0.1, 0.15) is 29.0 Å². The molecule has 0 aliphatic carbocycles. The van der Waals surface area contributed by atoms with Crippen LogP contribution in [0.5, 0.6) is 11.5 Å². The van der Waals surface area contributed by atoms with Crippen LogP contribution in [0.25, 0.3) is 0 Å². The molecule has 2 aromatic carbocycles. The molecule has 0 spiro atoms. The van der Waals surface area contributed by atoms with Crippen molar-refractivity contribution in [2.24, 2.45) is 5.73 Å². The lowest BCUT2D eigenvalue weighted by Gasteiger charge is -2.12. The quantitative estimate of drug-likeness (QED) is 0.665. The number of nitrogens with two attached hydrogens (primary N) is 1. The zero-order chi connectivity index (χ0) is 14.0. The molecular formula is C13H9BrF2N2O. The number of benzene rings is 2. The minimum atomic E-state index is -0.669. The van der Waals surface area contributed by atoms with Crippen LogP contribution in [0.1, 0.15) is 5.56 Å². The molecule has 0 atom stereocenters. The van der Waals surface area contributed by atoms with Crippen LogP contribution in [0.15, 0.2) is 40.9 Å². The van der Waals surface area contributed by atoms with Crippen LogP contribution in [0.2, 0.25) is 0 Å². The van der Waals surface area contributed by atoms with Gasteiger partial charge in [0.2, 0.25) is 0 Å². The lowest BCUT2D eigenvalue weighted by Crippen LogP contribution is -2.14. The van der Waals surface area contributed by atoms with Crippen LogP contribution in [0.3, 0.4) is 0 Å². The van der Waals surface area contributed by atoms with Gasteiger partial charge in [-0.2, -0.15) is 0 Å². The van der Waals surface area contributed by atoms with Gasteiger partial charge in [0.05, 0.1) is 10.0 Å². The molecule has 0 unspecified atom stereocenters. The van der Waals surface area contributed by atoms with Crippen molar-refractivity contribution >= 4 is 21.8 Å². The predicted octanol–water partition coefficient (Wildman–Crippen LogP) is 3.80. The number of ether oxygens (including phenoxy) is 1. The fourth-order valence-electron chi connectivity index (χ4n) is 1.52. The maximum Gasteiger partial charge on any atom is 0.144 e. The van der Waals surface area contributed by atoms with Crippen molar-refractivity contribution in [3.8, 4) is 11.5 Å². The zero-order valence-corrected chi connectivity index (χ0v) is 11.2. The number of amidine groups is 1. The van der Waals surface area contributed by atoms with Crippen molar-refractivity contribution in [2.45, 2.75) is 0 Å². The summed E-state index contributed by atoms with van der Waals surface area (Å²) < 4.78 is 32.7. The third-order valence-electron chi connectivity index (χ3n) is 2.36. The predicted molar refractivity (Wildman–Crippen MR) is 71.6 cm³/mol. The van der Waals surface area contributed by atoms with E-state index in [0.717, 1.165) is 6.07 Å². The van der Waals surface area contributed by atoms with Gasteiger partial charge in [0, 0.05) is 6.07 Å². The summed E-state index contributed by atoms with van der Waals surface area (Å²) in [6.07, 6.45) is 0. The Morgan fingerprint density at radius 1 is 1.16 bits per heavy atom. The van der Waals surface area contributed by atoms with Crippen molar-refractivity contribution in [3.05, 3.63) is 58.1 Å². The zero-order valence-electron chi connectivity index (χ0n) is 9.58. The van der Waals surface area contributed by atoms with Crippen LogP contribution < -0.4 is 10.5 Å². The lowest BCUT2D eigenvalue weighted by atomic mass is 10.1. The Morgan fingerprint density at radius 3 is 2.58 bits per heavy atom. The summed E-state index contributed by atoms with van der Waals surface area (Å²) in [7, 11) is 0. The van der Waals surface area contributed by atoms with E-state index in [1.54, 1.807) is 0 Å². The highest BCUT2D eigenvalue weighted by Crippen LogP contribution is 2.32. The highest BCUT2D eigenvalue weighted by atomic mass is 79.9. The van der Waals surface area contributed by atoms with Crippen molar-refractivity contribution in [3.63, 3.8) is 0 Å². The summed E-state index contributed by atoms with van der Waals surface area (Å²) in [5.74, 6) is -1.39. The first-order valence-corrected chi connectivity index (χ1v) is 6.04. The van der Waals surface area contributed by atoms with E-state index in [1.807, 2.05) is 0 Å². The fraction of sp³-hybridized carbons (Fsp3) is 0. The monoisotopic (exact) mass is 326 g/mol. The average molecular weight is 327 g/mol. The Morgan fingerprint density at radius 2 is 1.89 bits per heavy atom. The van der Waals surface area contributed by atoms with Gasteiger partial charge in [0.25, 0.3) is 0 Å². The van der Waals surface area contributed by atoms with E-state index in [-0.39, 0.29) is 17.1 Å². The van der Waals surface area contributed by atoms with E-state index in [2.05, 4.69) is 15.9 Å². The van der Waals surface area contributed by atoms with Crippen LogP contribution >= 0.6 is 15.9 Å². The summed E-state index contributed by atoms with van der Waals surface area (Å²) in [5, 5.41) is 7.35.